The fraction of sp³-hybridized carbons (Fsp3) is 0.333. The third-order valence-electron chi connectivity index (χ3n) is 5.51. The lowest BCUT2D eigenvalue weighted by atomic mass is 9.99. The Hall–Kier alpha value is -3.49. The smallest absolute Gasteiger partial charge is 0.481 e. The number of piperidine rings is 1. The molecule has 6 nitrogen and oxygen atoms in total. The molecule has 9 heteroatoms. The molecule has 33 heavy (non-hydrogen) atoms. The molecule has 0 atom stereocenters. The minimum Gasteiger partial charge on any atom is -0.481 e. The number of anilines is 2. The van der Waals surface area contributed by atoms with E-state index in [1.54, 1.807) is 6.07 Å². The van der Waals surface area contributed by atoms with Crippen LogP contribution in [0.1, 0.15) is 19.8 Å². The predicted molar refractivity (Wildman–Crippen MR) is 120 cm³/mol. The molecule has 1 saturated heterocycles. The first-order valence-electron chi connectivity index (χ1n) is 10.7. The van der Waals surface area contributed by atoms with E-state index >= 15 is 0 Å². The number of hydrogen-bond acceptors (Lipinski definition) is 5. The van der Waals surface area contributed by atoms with Crippen LogP contribution in [-0.4, -0.2) is 36.9 Å². The van der Waals surface area contributed by atoms with Crippen molar-refractivity contribution in [2.75, 3.05) is 29.9 Å². The van der Waals surface area contributed by atoms with E-state index in [1.807, 2.05) is 24.3 Å². The van der Waals surface area contributed by atoms with Gasteiger partial charge in [0, 0.05) is 24.2 Å². The van der Waals surface area contributed by atoms with Crippen LogP contribution in [0.5, 0.6) is 11.5 Å². The molecule has 0 saturated carbocycles. The van der Waals surface area contributed by atoms with Crippen molar-refractivity contribution in [2.45, 2.75) is 26.1 Å². The third kappa shape index (κ3) is 6.06. The number of carbonyl (C=O) groups excluding carboxylic acids is 1. The van der Waals surface area contributed by atoms with Gasteiger partial charge in [-0.1, -0.05) is 19.1 Å². The normalized spacial score (nSPS) is 14.8. The van der Waals surface area contributed by atoms with Gasteiger partial charge in [-0.2, -0.15) is 0 Å². The topological polar surface area (TPSA) is 63.7 Å². The van der Waals surface area contributed by atoms with Crippen molar-refractivity contribution in [3.8, 4) is 11.5 Å². The first kappa shape index (κ1) is 22.7. The number of benzene rings is 2. The van der Waals surface area contributed by atoms with E-state index in [0.29, 0.717) is 22.9 Å². The number of halogens is 3. The predicted octanol–water partition coefficient (Wildman–Crippen LogP) is 5.39. The maximum absolute atomic E-state index is 12.3. The zero-order valence-electron chi connectivity index (χ0n) is 18.1. The SMILES string of the molecule is CC1CCN(c2ccc3cccc(OCC(=O)Nc4ccc(OC(F)(F)F)cc4)c3n2)CC1. The number of amides is 1. The third-order valence-corrected chi connectivity index (χ3v) is 5.51. The average Bonchev–Trinajstić information content (AvgIpc) is 2.78. The van der Waals surface area contributed by atoms with E-state index in [4.69, 9.17) is 9.72 Å². The van der Waals surface area contributed by atoms with Gasteiger partial charge in [-0.3, -0.25) is 4.79 Å². The summed E-state index contributed by atoms with van der Waals surface area (Å²) in [6, 6.07) is 14.4. The number of hydrogen-bond donors (Lipinski definition) is 1. The molecule has 1 aliphatic heterocycles. The highest BCUT2D eigenvalue weighted by Crippen LogP contribution is 2.29. The molecule has 174 valence electrons. The molecule has 0 unspecified atom stereocenters. The standard InChI is InChI=1S/C24H24F3N3O3/c1-16-11-13-30(14-12-16)21-10-5-17-3-2-4-20(23(17)29-21)32-15-22(31)28-18-6-8-19(9-7-18)33-24(25,26)27/h2-10,16H,11-15H2,1H3,(H,28,31). The lowest BCUT2D eigenvalue weighted by molar-refractivity contribution is -0.274. The van der Waals surface area contributed by atoms with Crippen LogP contribution in [0.25, 0.3) is 10.9 Å². The fourth-order valence-corrected chi connectivity index (χ4v) is 3.72. The van der Waals surface area contributed by atoms with Gasteiger partial charge in [0.1, 0.15) is 22.8 Å². The first-order valence-corrected chi connectivity index (χ1v) is 10.7. The Balaban J connectivity index is 1.40. The highest BCUT2D eigenvalue weighted by molar-refractivity contribution is 5.92. The number of pyridine rings is 1. The molecule has 0 spiro atoms. The summed E-state index contributed by atoms with van der Waals surface area (Å²) in [5.41, 5.74) is 1.01. The second-order valence-corrected chi connectivity index (χ2v) is 8.08. The van der Waals surface area contributed by atoms with E-state index in [-0.39, 0.29) is 12.4 Å². The highest BCUT2D eigenvalue weighted by Gasteiger charge is 2.31. The van der Waals surface area contributed by atoms with Crippen LogP contribution in [-0.2, 0) is 4.79 Å². The summed E-state index contributed by atoms with van der Waals surface area (Å²) in [6.45, 7) is 3.90. The molecule has 2 aromatic carbocycles. The summed E-state index contributed by atoms with van der Waals surface area (Å²) in [6.07, 6.45) is -2.51. The number of fused-ring (bicyclic) bond motifs is 1. The Morgan fingerprint density at radius 2 is 1.82 bits per heavy atom. The molecular formula is C24H24F3N3O3. The van der Waals surface area contributed by atoms with Crippen LogP contribution in [0.3, 0.4) is 0 Å². The number of rotatable bonds is 6. The molecule has 0 aliphatic carbocycles. The molecular weight excluding hydrogens is 435 g/mol. The van der Waals surface area contributed by atoms with Gasteiger partial charge in [-0.05, 0) is 61.2 Å². The number of nitrogens with zero attached hydrogens (tertiary/aromatic N) is 2. The lowest BCUT2D eigenvalue weighted by Gasteiger charge is -2.31. The molecule has 1 amide bonds. The van der Waals surface area contributed by atoms with Crippen molar-refractivity contribution in [1.82, 2.24) is 4.98 Å². The maximum atomic E-state index is 12.3. The van der Waals surface area contributed by atoms with Gasteiger partial charge in [0.25, 0.3) is 5.91 Å². The summed E-state index contributed by atoms with van der Waals surface area (Å²) in [7, 11) is 0. The summed E-state index contributed by atoms with van der Waals surface area (Å²) in [5.74, 6) is 1.28. The molecule has 0 radical (unpaired) electrons. The number of nitrogens with one attached hydrogen (secondary N) is 1. The molecule has 3 aromatic rings. The van der Waals surface area contributed by atoms with Gasteiger partial charge < -0.3 is 19.7 Å². The van der Waals surface area contributed by atoms with E-state index in [9.17, 15) is 18.0 Å². The molecule has 1 aromatic heterocycles. The van der Waals surface area contributed by atoms with Gasteiger partial charge in [0.05, 0.1) is 0 Å². The van der Waals surface area contributed by atoms with Crippen LogP contribution in [0.15, 0.2) is 54.6 Å². The van der Waals surface area contributed by atoms with Gasteiger partial charge in [-0.15, -0.1) is 13.2 Å². The quantitative estimate of drug-likeness (QED) is 0.536. The second kappa shape index (κ2) is 9.56. The van der Waals surface area contributed by atoms with Gasteiger partial charge in [0.2, 0.25) is 0 Å². The Kier molecular flexibility index (Phi) is 6.57. The molecule has 1 fully saturated rings. The number of aromatic nitrogens is 1. The summed E-state index contributed by atoms with van der Waals surface area (Å²) in [4.78, 5) is 19.4. The highest BCUT2D eigenvalue weighted by atomic mass is 19.4. The van der Waals surface area contributed by atoms with Crippen LogP contribution >= 0.6 is 0 Å². The van der Waals surface area contributed by atoms with Gasteiger partial charge in [-0.25, -0.2) is 4.98 Å². The number of para-hydroxylation sites is 1. The van der Waals surface area contributed by atoms with Crippen molar-refractivity contribution in [3.63, 3.8) is 0 Å². The summed E-state index contributed by atoms with van der Waals surface area (Å²) in [5, 5.41) is 3.49. The van der Waals surface area contributed by atoms with Crippen molar-refractivity contribution in [2.24, 2.45) is 5.92 Å². The Labute approximate surface area is 189 Å². The first-order chi connectivity index (χ1) is 15.8. The van der Waals surface area contributed by atoms with Crippen molar-refractivity contribution in [1.29, 1.82) is 0 Å². The van der Waals surface area contributed by atoms with Crippen LogP contribution in [0.2, 0.25) is 0 Å². The van der Waals surface area contributed by atoms with Crippen LogP contribution < -0.4 is 19.7 Å². The van der Waals surface area contributed by atoms with Crippen LogP contribution in [0.4, 0.5) is 24.7 Å². The number of ether oxygens (including phenoxy) is 2. The monoisotopic (exact) mass is 459 g/mol. The van der Waals surface area contributed by atoms with E-state index in [1.165, 1.54) is 12.1 Å². The number of alkyl halides is 3. The van der Waals surface area contributed by atoms with E-state index in [2.05, 4.69) is 21.9 Å². The molecule has 4 rings (SSSR count). The minimum absolute atomic E-state index is 0.271. The largest absolute Gasteiger partial charge is 0.573 e. The zero-order chi connectivity index (χ0) is 23.4. The van der Waals surface area contributed by atoms with E-state index in [0.717, 1.165) is 49.3 Å². The van der Waals surface area contributed by atoms with E-state index < -0.39 is 12.3 Å². The Morgan fingerprint density at radius 3 is 2.52 bits per heavy atom. The van der Waals surface area contributed by atoms with Gasteiger partial charge >= 0.3 is 6.36 Å². The Bertz CT molecular complexity index is 1110. The lowest BCUT2D eigenvalue weighted by Crippen LogP contribution is -2.33. The second-order valence-electron chi connectivity index (χ2n) is 8.08. The zero-order valence-corrected chi connectivity index (χ0v) is 18.1. The fourth-order valence-electron chi connectivity index (χ4n) is 3.72. The summed E-state index contributed by atoms with van der Waals surface area (Å²) >= 11 is 0. The molecule has 2 heterocycles. The summed E-state index contributed by atoms with van der Waals surface area (Å²) < 4.78 is 46.3. The van der Waals surface area contributed by atoms with Crippen molar-refractivity contribution >= 4 is 28.3 Å². The maximum Gasteiger partial charge on any atom is 0.573 e. The van der Waals surface area contributed by atoms with Crippen molar-refractivity contribution in [3.05, 3.63) is 54.6 Å². The molecule has 1 aliphatic rings. The van der Waals surface area contributed by atoms with Gasteiger partial charge in [0.15, 0.2) is 6.61 Å². The molecule has 1 N–H and O–H groups in total. The molecule has 0 bridgehead atoms. The Morgan fingerprint density at radius 1 is 1.09 bits per heavy atom. The van der Waals surface area contributed by atoms with Crippen molar-refractivity contribution < 1.29 is 27.4 Å². The minimum atomic E-state index is -4.77. The number of carbonyl (C=O) groups is 1. The van der Waals surface area contributed by atoms with Crippen LogP contribution in [0, 0.1) is 5.92 Å². The average molecular weight is 459 g/mol.